The van der Waals surface area contributed by atoms with Crippen molar-refractivity contribution in [2.24, 2.45) is 0 Å². The van der Waals surface area contributed by atoms with Crippen molar-refractivity contribution >= 4 is 28.5 Å². The average molecular weight is 224 g/mol. The number of ketones is 1. The summed E-state index contributed by atoms with van der Waals surface area (Å²) >= 11 is 1.43. The Labute approximate surface area is 90.5 Å². The predicted octanol–water partition coefficient (Wildman–Crippen LogP) is 3.12. The second-order valence-electron chi connectivity index (χ2n) is 3.15. The molecule has 0 atom stereocenters. The third-order valence-electron chi connectivity index (χ3n) is 2.03. The number of benzene rings is 1. The number of halogens is 1. The maximum absolute atomic E-state index is 12.9. The Morgan fingerprint density at radius 1 is 1.47 bits per heavy atom. The minimum atomic E-state index is -0.327. The Morgan fingerprint density at radius 2 is 2.27 bits per heavy atom. The predicted molar refractivity (Wildman–Crippen MR) is 58.9 cm³/mol. The van der Waals surface area contributed by atoms with Gasteiger partial charge < -0.3 is 4.42 Å². The minimum Gasteiger partial charge on any atom is -0.453 e. The van der Waals surface area contributed by atoms with E-state index in [2.05, 4.69) is 0 Å². The van der Waals surface area contributed by atoms with Crippen molar-refractivity contribution in [2.75, 3.05) is 12.0 Å². The van der Waals surface area contributed by atoms with E-state index in [1.807, 2.05) is 6.26 Å². The van der Waals surface area contributed by atoms with Crippen molar-refractivity contribution in [3.8, 4) is 0 Å². The van der Waals surface area contributed by atoms with Gasteiger partial charge >= 0.3 is 0 Å². The Kier molecular flexibility index (Phi) is 2.77. The summed E-state index contributed by atoms with van der Waals surface area (Å²) in [5.74, 6) is 0.277. The quantitative estimate of drug-likeness (QED) is 0.750. The highest BCUT2D eigenvalue weighted by atomic mass is 32.2. The molecule has 1 aromatic carbocycles. The van der Waals surface area contributed by atoms with Crippen LogP contribution >= 0.6 is 11.8 Å². The van der Waals surface area contributed by atoms with Crippen LogP contribution in [-0.2, 0) is 0 Å². The molecule has 0 fully saturated rings. The van der Waals surface area contributed by atoms with Gasteiger partial charge in [0.25, 0.3) is 0 Å². The van der Waals surface area contributed by atoms with Crippen LogP contribution in [0.5, 0.6) is 0 Å². The van der Waals surface area contributed by atoms with Crippen LogP contribution in [0.15, 0.2) is 28.7 Å². The SMILES string of the molecule is CSCC(=O)c1cc2cc(F)ccc2o1. The number of carbonyl (C=O) groups is 1. The van der Waals surface area contributed by atoms with Crippen LogP contribution in [0.25, 0.3) is 11.0 Å². The molecule has 0 saturated carbocycles. The van der Waals surface area contributed by atoms with E-state index in [4.69, 9.17) is 4.42 Å². The minimum absolute atomic E-state index is 0.0703. The first-order valence-electron chi connectivity index (χ1n) is 4.42. The van der Waals surface area contributed by atoms with Crippen LogP contribution in [0.2, 0.25) is 0 Å². The lowest BCUT2D eigenvalue weighted by Crippen LogP contribution is -1.99. The third kappa shape index (κ3) is 2.04. The lowest BCUT2D eigenvalue weighted by Gasteiger charge is -1.91. The van der Waals surface area contributed by atoms with Gasteiger partial charge in [-0.25, -0.2) is 4.39 Å². The zero-order chi connectivity index (χ0) is 10.8. The molecule has 0 aliphatic rings. The third-order valence-corrected chi connectivity index (χ3v) is 2.58. The summed E-state index contributed by atoms with van der Waals surface area (Å²) in [6.07, 6.45) is 1.85. The highest BCUT2D eigenvalue weighted by Gasteiger charge is 2.11. The maximum Gasteiger partial charge on any atom is 0.207 e. The Morgan fingerprint density at radius 3 is 3.00 bits per heavy atom. The highest BCUT2D eigenvalue weighted by Crippen LogP contribution is 2.21. The van der Waals surface area contributed by atoms with Crippen LogP contribution in [0.4, 0.5) is 4.39 Å². The molecule has 0 amide bonds. The molecule has 0 aliphatic heterocycles. The van der Waals surface area contributed by atoms with Crippen LogP contribution in [0.1, 0.15) is 10.6 Å². The zero-order valence-electron chi connectivity index (χ0n) is 8.12. The molecule has 0 radical (unpaired) electrons. The number of hydrogen-bond donors (Lipinski definition) is 0. The smallest absolute Gasteiger partial charge is 0.207 e. The van der Waals surface area contributed by atoms with Gasteiger partial charge in [0, 0.05) is 5.39 Å². The van der Waals surface area contributed by atoms with Crippen molar-refractivity contribution in [1.29, 1.82) is 0 Å². The zero-order valence-corrected chi connectivity index (χ0v) is 8.94. The van der Waals surface area contributed by atoms with Crippen molar-refractivity contribution < 1.29 is 13.6 Å². The van der Waals surface area contributed by atoms with Crippen LogP contribution in [-0.4, -0.2) is 17.8 Å². The molecule has 1 heterocycles. The van der Waals surface area contributed by atoms with Crippen molar-refractivity contribution in [3.63, 3.8) is 0 Å². The van der Waals surface area contributed by atoms with Gasteiger partial charge in [-0.05, 0) is 30.5 Å². The van der Waals surface area contributed by atoms with E-state index in [1.165, 1.54) is 30.0 Å². The summed E-state index contributed by atoms with van der Waals surface area (Å²) in [5.41, 5.74) is 0.542. The van der Waals surface area contributed by atoms with E-state index in [-0.39, 0.29) is 11.6 Å². The van der Waals surface area contributed by atoms with Crippen LogP contribution in [0.3, 0.4) is 0 Å². The molecule has 1 aromatic heterocycles. The molecule has 78 valence electrons. The van der Waals surface area contributed by atoms with Gasteiger partial charge in [-0.1, -0.05) is 0 Å². The van der Waals surface area contributed by atoms with Crippen molar-refractivity contribution in [2.45, 2.75) is 0 Å². The molecule has 0 bridgehead atoms. The molecule has 2 aromatic rings. The fourth-order valence-corrected chi connectivity index (χ4v) is 1.76. The molecule has 2 rings (SSSR count). The lowest BCUT2D eigenvalue weighted by atomic mass is 10.2. The Hall–Kier alpha value is -1.29. The van der Waals surface area contributed by atoms with E-state index in [1.54, 1.807) is 6.07 Å². The topological polar surface area (TPSA) is 30.2 Å². The lowest BCUT2D eigenvalue weighted by molar-refractivity contribution is 0.0994. The summed E-state index contributed by atoms with van der Waals surface area (Å²) in [5, 5.41) is 0.624. The van der Waals surface area contributed by atoms with Crippen LogP contribution in [0, 0.1) is 5.82 Å². The first-order valence-corrected chi connectivity index (χ1v) is 5.81. The number of hydrogen-bond acceptors (Lipinski definition) is 3. The summed E-state index contributed by atoms with van der Waals surface area (Å²) in [6, 6.07) is 5.78. The average Bonchev–Trinajstić information content (AvgIpc) is 2.60. The van der Waals surface area contributed by atoms with Gasteiger partial charge in [0.2, 0.25) is 5.78 Å². The van der Waals surface area contributed by atoms with E-state index in [9.17, 15) is 9.18 Å². The van der Waals surface area contributed by atoms with Crippen molar-refractivity contribution in [3.05, 3.63) is 35.8 Å². The van der Waals surface area contributed by atoms with Crippen LogP contribution < -0.4 is 0 Å². The first kappa shape index (κ1) is 10.2. The molecule has 4 heteroatoms. The second-order valence-corrected chi connectivity index (χ2v) is 4.02. The monoisotopic (exact) mass is 224 g/mol. The van der Waals surface area contributed by atoms with Gasteiger partial charge in [0.15, 0.2) is 5.76 Å². The molecular weight excluding hydrogens is 215 g/mol. The highest BCUT2D eigenvalue weighted by molar-refractivity contribution is 7.99. The molecule has 0 saturated heterocycles. The summed E-state index contributed by atoms with van der Waals surface area (Å²) in [4.78, 5) is 11.5. The number of fused-ring (bicyclic) bond motifs is 1. The number of furan rings is 1. The van der Waals surface area contributed by atoms with Gasteiger partial charge in [-0.3, -0.25) is 4.79 Å². The maximum atomic E-state index is 12.9. The van der Waals surface area contributed by atoms with Gasteiger partial charge in [0.05, 0.1) is 5.75 Å². The molecule has 15 heavy (non-hydrogen) atoms. The normalized spacial score (nSPS) is 10.8. The number of carbonyl (C=O) groups excluding carboxylic acids is 1. The molecule has 0 spiro atoms. The van der Waals surface area contributed by atoms with E-state index in [0.29, 0.717) is 22.5 Å². The Bertz CT molecular complexity index is 504. The van der Waals surface area contributed by atoms with Crippen molar-refractivity contribution in [1.82, 2.24) is 0 Å². The molecule has 0 aliphatic carbocycles. The van der Waals surface area contributed by atoms with Gasteiger partial charge in [0.1, 0.15) is 11.4 Å². The largest absolute Gasteiger partial charge is 0.453 e. The Balaban J connectivity index is 2.42. The first-order chi connectivity index (χ1) is 7.20. The fraction of sp³-hybridized carbons (Fsp3) is 0.182. The fourth-order valence-electron chi connectivity index (χ4n) is 1.35. The van der Waals surface area contributed by atoms with Gasteiger partial charge in [-0.15, -0.1) is 0 Å². The number of rotatable bonds is 3. The number of thioether (sulfide) groups is 1. The van der Waals surface area contributed by atoms with E-state index >= 15 is 0 Å². The van der Waals surface area contributed by atoms with E-state index < -0.39 is 0 Å². The molecular formula is C11H9FO2S. The molecule has 0 N–H and O–H groups in total. The standard InChI is InChI=1S/C11H9FO2S/c1-15-6-9(13)11-5-7-4-8(12)2-3-10(7)14-11/h2-5H,6H2,1H3. The molecule has 0 unspecified atom stereocenters. The summed E-state index contributed by atoms with van der Waals surface area (Å²) in [7, 11) is 0. The second kappa shape index (κ2) is 4.06. The molecule has 2 nitrogen and oxygen atoms in total. The summed E-state index contributed by atoms with van der Waals surface area (Å²) < 4.78 is 18.2. The van der Waals surface area contributed by atoms with Gasteiger partial charge in [-0.2, -0.15) is 11.8 Å². The number of Topliss-reactive ketones (excluding diaryl/α,β-unsaturated/α-hetero) is 1. The summed E-state index contributed by atoms with van der Waals surface area (Å²) in [6.45, 7) is 0. The van der Waals surface area contributed by atoms with E-state index in [0.717, 1.165) is 0 Å².